The number of ketones is 3. The Bertz CT molecular complexity index is 1880. The van der Waals surface area contributed by atoms with Crippen LogP contribution in [0.5, 0.6) is 0 Å². The van der Waals surface area contributed by atoms with Gasteiger partial charge >= 0.3 is 313 Å². The molecule has 52 heavy (non-hydrogen) atoms. The predicted octanol–water partition coefficient (Wildman–Crippen LogP) is 10.8. The van der Waals surface area contributed by atoms with E-state index in [0.29, 0.717) is 28.9 Å². The molecule has 0 saturated carbocycles. The van der Waals surface area contributed by atoms with Crippen LogP contribution >= 0.6 is 0 Å². The van der Waals surface area contributed by atoms with Crippen LogP contribution in [0.2, 0.25) is 0 Å². The van der Waals surface area contributed by atoms with Gasteiger partial charge in [-0.3, -0.25) is 0 Å². The van der Waals surface area contributed by atoms with Gasteiger partial charge < -0.3 is 0 Å². The van der Waals surface area contributed by atoms with Crippen molar-refractivity contribution < 1.29 is 31.1 Å². The van der Waals surface area contributed by atoms with Crippen molar-refractivity contribution >= 4 is 34.1 Å². The molecule has 0 spiro atoms. The molecule has 0 amide bonds. The molecule has 6 aromatic rings. The van der Waals surface area contributed by atoms with Crippen LogP contribution in [0.1, 0.15) is 54.2 Å². The van der Waals surface area contributed by atoms with Gasteiger partial charge in [0.05, 0.1) is 0 Å². The van der Waals surface area contributed by atoms with Crippen LogP contribution in [0.3, 0.4) is 0 Å². The van der Waals surface area contributed by atoms with Crippen LogP contribution in [-0.4, -0.2) is 17.3 Å². The van der Waals surface area contributed by atoms with Crippen molar-refractivity contribution in [1.29, 1.82) is 0 Å². The molecule has 6 rings (SSSR count). The summed E-state index contributed by atoms with van der Waals surface area (Å²) in [5.74, 6) is -0.577. The Kier molecular flexibility index (Phi) is 11.7. The van der Waals surface area contributed by atoms with Gasteiger partial charge in [0.2, 0.25) is 0 Å². The summed E-state index contributed by atoms with van der Waals surface area (Å²) in [6, 6.07) is 59.0. The molecule has 0 aliphatic rings. The van der Waals surface area contributed by atoms with Crippen molar-refractivity contribution in [3.63, 3.8) is 0 Å². The van der Waals surface area contributed by atoms with Gasteiger partial charge in [0.1, 0.15) is 0 Å². The first-order valence-electron chi connectivity index (χ1n) is 17.1. The van der Waals surface area contributed by atoms with E-state index in [-0.39, 0.29) is 17.3 Å². The molecule has 0 saturated heterocycles. The van der Waals surface area contributed by atoms with Crippen LogP contribution in [0.15, 0.2) is 194 Å². The van der Waals surface area contributed by atoms with Crippen molar-refractivity contribution in [3.05, 3.63) is 228 Å². The van der Waals surface area contributed by atoms with Crippen LogP contribution in [-0.2, 0) is 31.1 Å². The van der Waals surface area contributed by atoms with Crippen molar-refractivity contribution in [1.82, 2.24) is 0 Å². The Labute approximate surface area is 312 Å². The molecule has 0 N–H and O–H groups in total. The van der Waals surface area contributed by atoms with Gasteiger partial charge in [0.15, 0.2) is 0 Å². The standard InChI is InChI=1S/3C16H13O.Pd/c3*1-13(17)12-16(14-8-4-2-5-9-14)15-10-6-3-7-11-15;/h3*2-11H,1H3;. The zero-order valence-electron chi connectivity index (χ0n) is 29.4. The maximum absolute atomic E-state index is 14.7. The number of allylic oxidation sites excluding steroid dienone is 3. The van der Waals surface area contributed by atoms with Crippen LogP contribution in [0.4, 0.5) is 0 Å². The molecular weight excluding hydrogens is 731 g/mol. The van der Waals surface area contributed by atoms with Crippen LogP contribution < -0.4 is 0 Å². The average Bonchev–Trinajstić information content (AvgIpc) is 3.18. The zero-order chi connectivity index (χ0) is 36.5. The summed E-state index contributed by atoms with van der Waals surface area (Å²) in [4.78, 5) is 44.2. The first-order chi connectivity index (χ1) is 25.4. The second-order valence-corrected chi connectivity index (χ2v) is 15.6. The Morgan fingerprint density at radius 1 is 0.288 bits per heavy atom. The second-order valence-electron chi connectivity index (χ2n) is 12.1. The normalized spacial score (nSPS) is 10.8. The minimum absolute atomic E-state index is 0.192. The summed E-state index contributed by atoms with van der Waals surface area (Å²) < 4.78 is 1.44. The van der Waals surface area contributed by atoms with Gasteiger partial charge in [-0.25, -0.2) is 0 Å². The second kappa shape index (κ2) is 16.9. The van der Waals surface area contributed by atoms with E-state index in [1.54, 1.807) is 20.8 Å². The van der Waals surface area contributed by atoms with Gasteiger partial charge in [-0.05, 0) is 0 Å². The van der Waals surface area contributed by atoms with E-state index < -0.39 is 16.8 Å². The number of benzene rings is 6. The maximum atomic E-state index is 14.7. The average molecular weight is 770 g/mol. The van der Waals surface area contributed by atoms with E-state index in [2.05, 4.69) is 0 Å². The van der Waals surface area contributed by atoms with E-state index in [1.807, 2.05) is 182 Å². The van der Waals surface area contributed by atoms with Crippen molar-refractivity contribution in [2.75, 3.05) is 0 Å². The Morgan fingerprint density at radius 2 is 0.442 bits per heavy atom. The third kappa shape index (κ3) is 7.90. The minimum atomic E-state index is -2.99. The molecule has 4 heteroatoms. The Balaban J connectivity index is 1.94. The fourth-order valence-corrected chi connectivity index (χ4v) is 11.5. The van der Waals surface area contributed by atoms with E-state index >= 15 is 0 Å². The van der Waals surface area contributed by atoms with E-state index in [0.717, 1.165) is 33.4 Å². The van der Waals surface area contributed by atoms with Crippen molar-refractivity contribution in [2.24, 2.45) is 0 Å². The van der Waals surface area contributed by atoms with Crippen molar-refractivity contribution in [3.8, 4) is 0 Å². The van der Waals surface area contributed by atoms with E-state index in [4.69, 9.17) is 0 Å². The summed E-state index contributed by atoms with van der Waals surface area (Å²) in [6.45, 7) is 4.71. The molecule has 3 nitrogen and oxygen atoms in total. The summed E-state index contributed by atoms with van der Waals surface area (Å²) >= 11 is -2.99. The van der Waals surface area contributed by atoms with Gasteiger partial charge in [-0.15, -0.1) is 0 Å². The summed E-state index contributed by atoms with van der Waals surface area (Å²) in [7, 11) is 0. The fourth-order valence-electron chi connectivity index (χ4n) is 6.17. The van der Waals surface area contributed by atoms with E-state index in [9.17, 15) is 14.4 Å². The monoisotopic (exact) mass is 769 g/mol. The summed E-state index contributed by atoms with van der Waals surface area (Å²) in [6.07, 6.45) is 0. The molecular formula is C48H39O3Pd. The molecule has 0 aromatic heterocycles. The molecule has 259 valence electrons. The molecule has 0 bridgehead atoms. The SMILES string of the molecule is CC(=O)[C](=C(c1ccccc1)c1ccccc1)[Pd]([C](C(C)=O)=C(c1ccccc1)c1ccccc1)[C](C(C)=O)=C(c1ccccc1)c1ccccc1. The van der Waals surface area contributed by atoms with Gasteiger partial charge in [-0.2, -0.15) is 0 Å². The van der Waals surface area contributed by atoms with Crippen LogP contribution in [0, 0.1) is 0 Å². The van der Waals surface area contributed by atoms with E-state index in [1.165, 1.54) is 0 Å². The molecule has 0 atom stereocenters. The number of hydrogen-bond acceptors (Lipinski definition) is 3. The third-order valence-corrected chi connectivity index (χ3v) is 13.5. The molecule has 0 unspecified atom stereocenters. The zero-order valence-corrected chi connectivity index (χ0v) is 30.9. The first-order valence-corrected chi connectivity index (χ1v) is 19.4. The molecule has 0 aliphatic heterocycles. The number of carbonyl (C=O) groups is 3. The molecule has 0 aliphatic carbocycles. The topological polar surface area (TPSA) is 51.2 Å². The predicted molar refractivity (Wildman–Crippen MR) is 209 cm³/mol. The molecule has 0 fully saturated rings. The summed E-state index contributed by atoms with van der Waals surface area (Å²) in [5, 5.41) is 0. The first kappa shape index (κ1) is 36.0. The number of rotatable bonds is 12. The Hall–Kier alpha value is -5.79. The fraction of sp³-hybridized carbons (Fsp3) is 0.0625. The Morgan fingerprint density at radius 3 is 0.577 bits per heavy atom. The van der Waals surface area contributed by atoms with Gasteiger partial charge in [-0.1, -0.05) is 0 Å². The van der Waals surface area contributed by atoms with Gasteiger partial charge in [0.25, 0.3) is 0 Å². The number of hydrogen-bond donors (Lipinski definition) is 0. The van der Waals surface area contributed by atoms with Crippen LogP contribution in [0.25, 0.3) is 16.7 Å². The quantitative estimate of drug-likeness (QED) is 0.0920. The summed E-state index contributed by atoms with van der Waals surface area (Å²) in [5.41, 5.74) is 7.14. The van der Waals surface area contributed by atoms with Crippen molar-refractivity contribution in [2.45, 2.75) is 20.8 Å². The molecule has 6 aromatic carbocycles. The third-order valence-electron chi connectivity index (χ3n) is 8.32. The molecule has 0 radical (unpaired) electrons. The number of carbonyl (C=O) groups excluding carboxylic acids is 3. The molecule has 0 heterocycles. The van der Waals surface area contributed by atoms with Gasteiger partial charge in [0, 0.05) is 0 Å². The number of Topliss-reactive ketones (excluding diaryl/α,β-unsaturated/α-hetero) is 3.